The average Bonchev–Trinajstić information content (AvgIpc) is 3.18. The molecule has 1 saturated heterocycles. The molecule has 0 amide bonds. The first-order valence-corrected chi connectivity index (χ1v) is 7.87. The Balaban J connectivity index is 1.81. The molecule has 21 heavy (non-hydrogen) atoms. The van der Waals surface area contributed by atoms with E-state index >= 15 is 0 Å². The molecule has 6 nitrogen and oxygen atoms in total. The van der Waals surface area contributed by atoms with E-state index < -0.39 is 0 Å². The molecule has 1 fully saturated rings. The second kappa shape index (κ2) is 5.09. The molecule has 0 aliphatic carbocycles. The van der Waals surface area contributed by atoms with Crippen LogP contribution in [0.4, 0.5) is 5.82 Å². The van der Waals surface area contributed by atoms with Crippen molar-refractivity contribution >= 4 is 22.8 Å². The van der Waals surface area contributed by atoms with Crippen LogP contribution in [0.25, 0.3) is 16.2 Å². The number of likely N-dealkylation sites (N-methyl/N-ethyl adjacent to an activating group) is 1. The summed E-state index contributed by atoms with van der Waals surface area (Å²) in [5.41, 5.74) is 1.81. The van der Waals surface area contributed by atoms with Crippen LogP contribution in [-0.4, -0.2) is 57.7 Å². The highest BCUT2D eigenvalue weighted by Gasteiger charge is 2.20. The van der Waals surface area contributed by atoms with E-state index in [1.54, 1.807) is 17.7 Å². The summed E-state index contributed by atoms with van der Waals surface area (Å²) in [7, 11) is 2.15. The van der Waals surface area contributed by atoms with Crippen molar-refractivity contribution in [2.24, 2.45) is 0 Å². The zero-order valence-corrected chi connectivity index (χ0v) is 12.6. The topological polar surface area (TPSA) is 49.6 Å². The lowest BCUT2D eigenvalue weighted by Crippen LogP contribution is -2.45. The van der Waals surface area contributed by atoms with Crippen LogP contribution in [0.5, 0.6) is 0 Å². The highest BCUT2D eigenvalue weighted by molar-refractivity contribution is 7.13. The predicted octanol–water partition coefficient (Wildman–Crippen LogP) is 1.60. The van der Waals surface area contributed by atoms with E-state index in [1.165, 1.54) is 4.88 Å². The monoisotopic (exact) mass is 300 g/mol. The number of nitrogens with zero attached hydrogens (tertiary/aromatic N) is 6. The minimum absolute atomic E-state index is 0.833. The van der Waals surface area contributed by atoms with Crippen LogP contribution in [0.1, 0.15) is 0 Å². The second-order valence-electron chi connectivity index (χ2n) is 5.28. The SMILES string of the molecule is CN1CCN(c2nc(-c3cccs3)cn3cnnc23)CC1. The Labute approximate surface area is 126 Å². The maximum absolute atomic E-state index is 4.86. The first-order valence-electron chi connectivity index (χ1n) is 6.99. The fraction of sp³-hybridized carbons (Fsp3) is 0.357. The average molecular weight is 300 g/mol. The number of hydrogen-bond donors (Lipinski definition) is 0. The van der Waals surface area contributed by atoms with E-state index in [4.69, 9.17) is 4.98 Å². The lowest BCUT2D eigenvalue weighted by atomic mass is 10.3. The number of rotatable bonds is 2. The van der Waals surface area contributed by atoms with Crippen LogP contribution in [0, 0.1) is 0 Å². The van der Waals surface area contributed by atoms with Crippen molar-refractivity contribution < 1.29 is 0 Å². The summed E-state index contributed by atoms with van der Waals surface area (Å²) in [5, 5.41) is 10.3. The van der Waals surface area contributed by atoms with Gasteiger partial charge < -0.3 is 9.80 Å². The summed E-state index contributed by atoms with van der Waals surface area (Å²) < 4.78 is 1.97. The van der Waals surface area contributed by atoms with E-state index in [-0.39, 0.29) is 0 Å². The Morgan fingerprint density at radius 3 is 2.81 bits per heavy atom. The largest absolute Gasteiger partial charge is 0.351 e. The van der Waals surface area contributed by atoms with E-state index in [0.717, 1.165) is 43.3 Å². The number of thiophene rings is 1. The summed E-state index contributed by atoms with van der Waals surface area (Å²) in [6.07, 6.45) is 3.74. The Kier molecular flexibility index (Phi) is 3.08. The third kappa shape index (κ3) is 2.28. The van der Waals surface area contributed by atoms with Crippen LogP contribution in [0.2, 0.25) is 0 Å². The lowest BCUT2D eigenvalue weighted by molar-refractivity contribution is 0.312. The summed E-state index contributed by atoms with van der Waals surface area (Å²) in [4.78, 5) is 10.7. The quantitative estimate of drug-likeness (QED) is 0.719. The van der Waals surface area contributed by atoms with Crippen molar-refractivity contribution in [1.29, 1.82) is 0 Å². The molecule has 3 aromatic heterocycles. The van der Waals surface area contributed by atoms with Gasteiger partial charge in [-0.05, 0) is 18.5 Å². The molecule has 0 saturated carbocycles. The maximum Gasteiger partial charge on any atom is 0.203 e. The fourth-order valence-corrected chi connectivity index (χ4v) is 3.28. The Hall–Kier alpha value is -1.99. The fourth-order valence-electron chi connectivity index (χ4n) is 2.60. The van der Waals surface area contributed by atoms with Gasteiger partial charge in [-0.25, -0.2) is 4.98 Å². The molecule has 0 unspecified atom stereocenters. The van der Waals surface area contributed by atoms with E-state index in [1.807, 2.05) is 16.7 Å². The van der Waals surface area contributed by atoms with Gasteiger partial charge in [0.05, 0.1) is 10.6 Å². The molecule has 0 radical (unpaired) electrons. The highest BCUT2D eigenvalue weighted by atomic mass is 32.1. The van der Waals surface area contributed by atoms with Gasteiger partial charge in [-0.2, -0.15) is 0 Å². The Morgan fingerprint density at radius 2 is 2.05 bits per heavy atom. The van der Waals surface area contributed by atoms with Gasteiger partial charge in [0.15, 0.2) is 5.82 Å². The number of anilines is 1. The molecule has 0 aromatic carbocycles. The van der Waals surface area contributed by atoms with Gasteiger partial charge in [-0.3, -0.25) is 4.40 Å². The molecule has 1 aliphatic rings. The van der Waals surface area contributed by atoms with Gasteiger partial charge in [0.1, 0.15) is 6.33 Å². The minimum atomic E-state index is 0.833. The third-order valence-electron chi connectivity index (χ3n) is 3.84. The van der Waals surface area contributed by atoms with Gasteiger partial charge in [0.2, 0.25) is 5.65 Å². The van der Waals surface area contributed by atoms with Crippen molar-refractivity contribution in [2.45, 2.75) is 0 Å². The molecule has 4 rings (SSSR count). The number of hydrogen-bond acceptors (Lipinski definition) is 6. The molecule has 0 bridgehead atoms. The van der Waals surface area contributed by atoms with Gasteiger partial charge in [0.25, 0.3) is 0 Å². The summed E-state index contributed by atoms with van der Waals surface area (Å²) in [6, 6.07) is 4.14. The summed E-state index contributed by atoms with van der Waals surface area (Å²) in [6.45, 7) is 4.04. The van der Waals surface area contributed by atoms with Gasteiger partial charge in [-0.1, -0.05) is 6.07 Å². The summed E-state index contributed by atoms with van der Waals surface area (Å²) in [5.74, 6) is 0.937. The van der Waals surface area contributed by atoms with Crippen LogP contribution in [0.15, 0.2) is 30.0 Å². The lowest BCUT2D eigenvalue weighted by Gasteiger charge is -2.33. The maximum atomic E-state index is 4.86. The first-order chi connectivity index (χ1) is 10.3. The smallest absolute Gasteiger partial charge is 0.203 e. The van der Waals surface area contributed by atoms with Crippen molar-refractivity contribution in [3.8, 4) is 10.6 Å². The predicted molar refractivity (Wildman–Crippen MR) is 83.8 cm³/mol. The summed E-state index contributed by atoms with van der Waals surface area (Å²) >= 11 is 1.70. The number of fused-ring (bicyclic) bond motifs is 1. The molecule has 108 valence electrons. The van der Waals surface area contributed by atoms with E-state index in [2.05, 4.69) is 38.5 Å². The molecular weight excluding hydrogens is 284 g/mol. The van der Waals surface area contributed by atoms with Crippen molar-refractivity contribution in [3.05, 3.63) is 30.0 Å². The molecule has 4 heterocycles. The van der Waals surface area contributed by atoms with Gasteiger partial charge in [-0.15, -0.1) is 21.5 Å². The first kappa shape index (κ1) is 12.7. The highest BCUT2D eigenvalue weighted by Crippen LogP contribution is 2.27. The molecule has 0 spiro atoms. The molecule has 7 heteroatoms. The van der Waals surface area contributed by atoms with Crippen LogP contribution >= 0.6 is 11.3 Å². The van der Waals surface area contributed by atoms with Crippen molar-refractivity contribution in [3.63, 3.8) is 0 Å². The molecule has 1 aliphatic heterocycles. The van der Waals surface area contributed by atoms with Crippen molar-refractivity contribution in [1.82, 2.24) is 24.5 Å². The van der Waals surface area contributed by atoms with E-state index in [0.29, 0.717) is 0 Å². The number of piperazine rings is 1. The zero-order chi connectivity index (χ0) is 14.2. The van der Waals surface area contributed by atoms with Gasteiger partial charge >= 0.3 is 0 Å². The molecule has 0 atom stereocenters. The normalized spacial score (nSPS) is 16.7. The third-order valence-corrected chi connectivity index (χ3v) is 4.73. The molecule has 3 aromatic rings. The standard InChI is InChI=1S/C14H16N6S/c1-18-4-6-19(7-5-18)13-14-17-15-10-20(14)9-11(16-13)12-3-2-8-21-12/h2-3,8-10H,4-7H2,1H3. The van der Waals surface area contributed by atoms with Crippen LogP contribution in [0.3, 0.4) is 0 Å². The Morgan fingerprint density at radius 1 is 1.19 bits per heavy atom. The molecular formula is C14H16N6S. The zero-order valence-electron chi connectivity index (χ0n) is 11.8. The van der Waals surface area contributed by atoms with Gasteiger partial charge in [0, 0.05) is 32.4 Å². The van der Waals surface area contributed by atoms with Crippen LogP contribution in [-0.2, 0) is 0 Å². The van der Waals surface area contributed by atoms with E-state index in [9.17, 15) is 0 Å². The Bertz CT molecular complexity index is 742. The molecule has 0 N–H and O–H groups in total. The van der Waals surface area contributed by atoms with Crippen LogP contribution < -0.4 is 4.90 Å². The second-order valence-corrected chi connectivity index (χ2v) is 6.23. The van der Waals surface area contributed by atoms with Crippen molar-refractivity contribution in [2.75, 3.05) is 38.1 Å². The minimum Gasteiger partial charge on any atom is -0.351 e. The number of aromatic nitrogens is 4.